The standard InChI is InChI=1S/C11H19N3O2/c1-4-14(9(2)8-16-3)11-6-12-10(7-15)5-13-11/h5-6,9,15H,4,7-8H2,1-3H3. The third kappa shape index (κ3) is 3.15. The predicted molar refractivity (Wildman–Crippen MR) is 62.3 cm³/mol. The molecular weight excluding hydrogens is 206 g/mol. The highest BCUT2D eigenvalue weighted by Gasteiger charge is 2.13. The normalized spacial score (nSPS) is 12.5. The molecule has 0 aliphatic carbocycles. The molecule has 1 heterocycles. The van der Waals surface area contributed by atoms with Gasteiger partial charge in [0.25, 0.3) is 0 Å². The van der Waals surface area contributed by atoms with Crippen LogP contribution in [0.3, 0.4) is 0 Å². The lowest BCUT2D eigenvalue weighted by atomic mass is 10.3. The Kier molecular flexibility index (Phi) is 5.14. The third-order valence-electron chi connectivity index (χ3n) is 2.43. The van der Waals surface area contributed by atoms with Crippen LogP contribution in [0.15, 0.2) is 12.4 Å². The fourth-order valence-electron chi connectivity index (χ4n) is 1.61. The lowest BCUT2D eigenvalue weighted by Gasteiger charge is -2.28. The molecule has 0 radical (unpaired) electrons. The van der Waals surface area contributed by atoms with E-state index in [0.717, 1.165) is 12.4 Å². The number of rotatable bonds is 6. The zero-order valence-corrected chi connectivity index (χ0v) is 10.1. The molecule has 1 rings (SSSR count). The van der Waals surface area contributed by atoms with Crippen molar-refractivity contribution >= 4 is 5.82 Å². The van der Waals surface area contributed by atoms with Gasteiger partial charge in [0.05, 0.1) is 37.3 Å². The van der Waals surface area contributed by atoms with Crippen molar-refractivity contribution in [2.75, 3.05) is 25.2 Å². The molecule has 0 spiro atoms. The average molecular weight is 225 g/mol. The van der Waals surface area contributed by atoms with Gasteiger partial charge in [0.2, 0.25) is 0 Å². The highest BCUT2D eigenvalue weighted by Crippen LogP contribution is 2.12. The first kappa shape index (κ1) is 12.9. The van der Waals surface area contributed by atoms with Gasteiger partial charge < -0.3 is 14.7 Å². The van der Waals surface area contributed by atoms with Crippen LogP contribution in [0.2, 0.25) is 0 Å². The molecule has 0 aliphatic heterocycles. The molecule has 5 heteroatoms. The first-order chi connectivity index (χ1) is 7.72. The SMILES string of the molecule is CCN(c1cnc(CO)cn1)C(C)COC. The fourth-order valence-corrected chi connectivity index (χ4v) is 1.61. The molecule has 0 saturated heterocycles. The van der Waals surface area contributed by atoms with Crippen LogP contribution in [0.1, 0.15) is 19.5 Å². The molecule has 1 aromatic heterocycles. The maximum absolute atomic E-state index is 8.88. The molecule has 1 N–H and O–H groups in total. The Labute approximate surface area is 96.1 Å². The summed E-state index contributed by atoms with van der Waals surface area (Å²) >= 11 is 0. The Bertz CT molecular complexity index is 303. The van der Waals surface area contributed by atoms with Crippen molar-refractivity contribution in [2.45, 2.75) is 26.5 Å². The largest absolute Gasteiger partial charge is 0.390 e. The van der Waals surface area contributed by atoms with Crippen molar-refractivity contribution in [1.29, 1.82) is 0 Å². The molecule has 1 aromatic rings. The smallest absolute Gasteiger partial charge is 0.147 e. The third-order valence-corrected chi connectivity index (χ3v) is 2.43. The van der Waals surface area contributed by atoms with Crippen LogP contribution in [-0.4, -0.2) is 41.4 Å². The molecule has 90 valence electrons. The maximum Gasteiger partial charge on any atom is 0.147 e. The van der Waals surface area contributed by atoms with E-state index in [-0.39, 0.29) is 12.6 Å². The molecule has 0 aromatic carbocycles. The van der Waals surface area contributed by atoms with Gasteiger partial charge in [-0.2, -0.15) is 0 Å². The van der Waals surface area contributed by atoms with Crippen LogP contribution in [0, 0.1) is 0 Å². The van der Waals surface area contributed by atoms with Gasteiger partial charge in [-0.05, 0) is 13.8 Å². The lowest BCUT2D eigenvalue weighted by Crippen LogP contribution is -2.36. The van der Waals surface area contributed by atoms with Crippen molar-refractivity contribution < 1.29 is 9.84 Å². The summed E-state index contributed by atoms with van der Waals surface area (Å²) in [6, 6.07) is 0.254. The lowest BCUT2D eigenvalue weighted by molar-refractivity contribution is 0.181. The van der Waals surface area contributed by atoms with Gasteiger partial charge in [-0.15, -0.1) is 0 Å². The van der Waals surface area contributed by atoms with Gasteiger partial charge in [-0.25, -0.2) is 4.98 Å². The van der Waals surface area contributed by atoms with Crippen LogP contribution >= 0.6 is 0 Å². The molecule has 0 fully saturated rings. The van der Waals surface area contributed by atoms with Crippen molar-refractivity contribution in [2.24, 2.45) is 0 Å². The van der Waals surface area contributed by atoms with Crippen molar-refractivity contribution in [3.05, 3.63) is 18.1 Å². The van der Waals surface area contributed by atoms with Crippen molar-refractivity contribution in [1.82, 2.24) is 9.97 Å². The number of ether oxygens (including phenoxy) is 1. The van der Waals surface area contributed by atoms with Crippen LogP contribution in [0.4, 0.5) is 5.82 Å². The van der Waals surface area contributed by atoms with Gasteiger partial charge >= 0.3 is 0 Å². The molecule has 5 nitrogen and oxygen atoms in total. The average Bonchev–Trinajstić information content (AvgIpc) is 2.31. The summed E-state index contributed by atoms with van der Waals surface area (Å²) in [4.78, 5) is 10.5. The van der Waals surface area contributed by atoms with E-state index in [1.54, 1.807) is 19.5 Å². The van der Waals surface area contributed by atoms with Gasteiger partial charge in [0.1, 0.15) is 5.82 Å². The first-order valence-corrected chi connectivity index (χ1v) is 5.40. The maximum atomic E-state index is 8.88. The molecule has 0 saturated carbocycles. The second-order valence-corrected chi connectivity index (χ2v) is 3.61. The molecule has 0 amide bonds. The second kappa shape index (κ2) is 6.40. The second-order valence-electron chi connectivity index (χ2n) is 3.61. The van der Waals surface area contributed by atoms with E-state index in [1.807, 2.05) is 0 Å². The monoisotopic (exact) mass is 225 g/mol. The quantitative estimate of drug-likeness (QED) is 0.777. The van der Waals surface area contributed by atoms with Crippen LogP contribution in [0.5, 0.6) is 0 Å². The number of hydrogen-bond acceptors (Lipinski definition) is 5. The summed E-state index contributed by atoms with van der Waals surface area (Å²) < 4.78 is 5.12. The van der Waals surface area contributed by atoms with E-state index in [4.69, 9.17) is 9.84 Å². The number of nitrogens with zero attached hydrogens (tertiary/aromatic N) is 3. The first-order valence-electron chi connectivity index (χ1n) is 5.40. The van der Waals surface area contributed by atoms with E-state index in [1.165, 1.54) is 0 Å². The van der Waals surface area contributed by atoms with E-state index >= 15 is 0 Å². The molecule has 0 bridgehead atoms. The molecular formula is C11H19N3O2. The van der Waals surface area contributed by atoms with Crippen LogP contribution < -0.4 is 4.90 Å². The zero-order chi connectivity index (χ0) is 12.0. The number of methoxy groups -OCH3 is 1. The summed E-state index contributed by atoms with van der Waals surface area (Å²) in [5, 5.41) is 8.88. The number of hydrogen-bond donors (Lipinski definition) is 1. The Balaban J connectivity index is 2.78. The number of anilines is 1. The van der Waals surface area contributed by atoms with Gasteiger partial charge in [-0.1, -0.05) is 0 Å². The van der Waals surface area contributed by atoms with Crippen LogP contribution in [-0.2, 0) is 11.3 Å². The number of aliphatic hydroxyl groups is 1. The fraction of sp³-hybridized carbons (Fsp3) is 0.636. The number of likely N-dealkylation sites (N-methyl/N-ethyl adjacent to an activating group) is 1. The minimum Gasteiger partial charge on any atom is -0.390 e. The molecule has 1 unspecified atom stereocenters. The number of aromatic nitrogens is 2. The minimum atomic E-state index is -0.0764. The van der Waals surface area contributed by atoms with Crippen molar-refractivity contribution in [3.63, 3.8) is 0 Å². The van der Waals surface area contributed by atoms with Crippen molar-refractivity contribution in [3.8, 4) is 0 Å². The van der Waals surface area contributed by atoms with Gasteiger partial charge in [0, 0.05) is 13.7 Å². The van der Waals surface area contributed by atoms with Gasteiger partial charge in [0.15, 0.2) is 0 Å². The Hall–Kier alpha value is -1.20. The minimum absolute atomic E-state index is 0.0764. The predicted octanol–water partition coefficient (Wildman–Crippen LogP) is 0.830. The highest BCUT2D eigenvalue weighted by molar-refractivity contribution is 5.36. The molecule has 16 heavy (non-hydrogen) atoms. The topological polar surface area (TPSA) is 58.5 Å². The Morgan fingerprint density at radius 3 is 2.62 bits per heavy atom. The number of aliphatic hydroxyl groups excluding tert-OH is 1. The van der Waals surface area contributed by atoms with E-state index in [0.29, 0.717) is 12.3 Å². The summed E-state index contributed by atoms with van der Waals surface area (Å²) in [6.45, 7) is 5.56. The molecule has 1 atom stereocenters. The highest BCUT2D eigenvalue weighted by atomic mass is 16.5. The van der Waals surface area contributed by atoms with Crippen LogP contribution in [0.25, 0.3) is 0 Å². The summed E-state index contributed by atoms with van der Waals surface area (Å²) in [5.41, 5.74) is 0.583. The summed E-state index contributed by atoms with van der Waals surface area (Å²) in [7, 11) is 1.69. The van der Waals surface area contributed by atoms with E-state index in [2.05, 4.69) is 28.7 Å². The zero-order valence-electron chi connectivity index (χ0n) is 10.1. The Morgan fingerprint density at radius 2 is 2.19 bits per heavy atom. The summed E-state index contributed by atoms with van der Waals surface area (Å²) in [5.74, 6) is 0.809. The Morgan fingerprint density at radius 1 is 1.44 bits per heavy atom. The van der Waals surface area contributed by atoms with Gasteiger partial charge in [-0.3, -0.25) is 4.98 Å². The molecule has 0 aliphatic rings. The van der Waals surface area contributed by atoms with E-state index < -0.39 is 0 Å². The summed E-state index contributed by atoms with van der Waals surface area (Å²) in [6.07, 6.45) is 3.28. The van der Waals surface area contributed by atoms with E-state index in [9.17, 15) is 0 Å².